The van der Waals surface area contributed by atoms with Crippen LogP contribution < -0.4 is 10.1 Å². The lowest BCUT2D eigenvalue weighted by molar-refractivity contribution is -0.114. The Bertz CT molecular complexity index is 1020. The molecule has 3 aromatic rings. The number of anilines is 1. The Balaban J connectivity index is 1.37. The van der Waals surface area contributed by atoms with Crippen molar-refractivity contribution < 1.29 is 13.9 Å². The van der Waals surface area contributed by atoms with E-state index in [1.165, 1.54) is 12.5 Å². The Morgan fingerprint density at radius 2 is 1.53 bits per heavy atom. The number of carbonyl (C=O) groups is 1. The Morgan fingerprint density at radius 3 is 2.15 bits per heavy atom. The van der Waals surface area contributed by atoms with Crippen molar-refractivity contribution in [1.29, 1.82) is 0 Å². The topological polar surface area (TPSA) is 41.6 Å². The smallest absolute Gasteiger partial charge is 0.221 e. The standard InChI is InChI=1S/C29H35FN2O2/c1-3-32(19-7-11-24-13-16-27(17-14-24)31-23(2)33)20-8-12-25-15-18-29(28(30)21-25)34-22-26-9-5-4-6-10-26/h4-6,9-10,13-18,21H,3,7-8,11-12,19-20,22H2,1-2H3,(H,31,33). The number of benzene rings is 3. The summed E-state index contributed by atoms with van der Waals surface area (Å²) >= 11 is 0. The average Bonchev–Trinajstić information content (AvgIpc) is 2.84. The Kier molecular flexibility index (Phi) is 10.1. The van der Waals surface area contributed by atoms with E-state index in [1.54, 1.807) is 12.1 Å². The highest BCUT2D eigenvalue weighted by molar-refractivity contribution is 5.88. The van der Waals surface area contributed by atoms with Gasteiger partial charge in [-0.1, -0.05) is 55.5 Å². The van der Waals surface area contributed by atoms with Gasteiger partial charge in [-0.05, 0) is 86.3 Å². The van der Waals surface area contributed by atoms with Gasteiger partial charge in [-0.15, -0.1) is 0 Å². The molecule has 34 heavy (non-hydrogen) atoms. The minimum atomic E-state index is -0.301. The minimum absolute atomic E-state index is 0.0542. The van der Waals surface area contributed by atoms with Crippen LogP contribution in [0.5, 0.6) is 5.75 Å². The van der Waals surface area contributed by atoms with Gasteiger partial charge in [0.15, 0.2) is 11.6 Å². The number of nitrogens with zero attached hydrogens (tertiary/aromatic N) is 1. The monoisotopic (exact) mass is 462 g/mol. The first kappa shape index (κ1) is 25.4. The fourth-order valence-corrected chi connectivity index (χ4v) is 3.95. The summed E-state index contributed by atoms with van der Waals surface area (Å²) in [5, 5.41) is 2.79. The van der Waals surface area contributed by atoms with Gasteiger partial charge >= 0.3 is 0 Å². The van der Waals surface area contributed by atoms with Crippen molar-refractivity contribution >= 4 is 11.6 Å². The van der Waals surface area contributed by atoms with Gasteiger partial charge in [0.05, 0.1) is 0 Å². The molecule has 4 nitrogen and oxygen atoms in total. The molecule has 3 aromatic carbocycles. The van der Waals surface area contributed by atoms with E-state index in [9.17, 15) is 9.18 Å². The SMILES string of the molecule is CCN(CCCc1ccc(NC(C)=O)cc1)CCCc1ccc(OCc2ccccc2)c(F)c1. The molecule has 5 heteroatoms. The van der Waals surface area contributed by atoms with E-state index in [0.717, 1.165) is 62.1 Å². The highest BCUT2D eigenvalue weighted by Crippen LogP contribution is 2.20. The highest BCUT2D eigenvalue weighted by Gasteiger charge is 2.07. The lowest BCUT2D eigenvalue weighted by atomic mass is 10.1. The first-order chi connectivity index (χ1) is 16.5. The molecule has 0 aliphatic carbocycles. The number of halogens is 1. The zero-order chi connectivity index (χ0) is 24.2. The summed E-state index contributed by atoms with van der Waals surface area (Å²) in [6, 6.07) is 23.1. The van der Waals surface area contributed by atoms with Crippen molar-refractivity contribution in [3.05, 3.63) is 95.3 Å². The van der Waals surface area contributed by atoms with Gasteiger partial charge in [0.1, 0.15) is 6.61 Å². The third-order valence-corrected chi connectivity index (χ3v) is 5.83. The molecule has 0 radical (unpaired) electrons. The van der Waals surface area contributed by atoms with Crippen molar-refractivity contribution in [2.45, 2.75) is 46.1 Å². The number of hydrogen-bond acceptors (Lipinski definition) is 3. The number of nitrogens with one attached hydrogen (secondary N) is 1. The summed E-state index contributed by atoms with van der Waals surface area (Å²) in [5.41, 5.74) is 4.13. The Labute approximate surface area is 202 Å². The van der Waals surface area contributed by atoms with Crippen LogP contribution in [0.4, 0.5) is 10.1 Å². The molecular weight excluding hydrogens is 427 g/mol. The molecule has 180 valence electrons. The molecule has 0 aliphatic heterocycles. The second kappa shape index (κ2) is 13.5. The normalized spacial score (nSPS) is 10.9. The van der Waals surface area contributed by atoms with Gasteiger partial charge in [-0.2, -0.15) is 0 Å². The van der Waals surface area contributed by atoms with E-state index in [2.05, 4.69) is 29.3 Å². The maximum absolute atomic E-state index is 14.5. The minimum Gasteiger partial charge on any atom is -0.486 e. The summed E-state index contributed by atoms with van der Waals surface area (Å²) in [6.07, 6.45) is 3.92. The average molecular weight is 463 g/mol. The predicted molar refractivity (Wildman–Crippen MR) is 137 cm³/mol. The van der Waals surface area contributed by atoms with Crippen LogP contribution in [0.3, 0.4) is 0 Å². The van der Waals surface area contributed by atoms with Crippen LogP contribution in [0.2, 0.25) is 0 Å². The Hall–Kier alpha value is -3.18. The molecule has 0 unspecified atom stereocenters. The number of aryl methyl sites for hydroxylation is 2. The fourth-order valence-electron chi connectivity index (χ4n) is 3.95. The summed E-state index contributed by atoms with van der Waals surface area (Å²) in [4.78, 5) is 13.6. The molecule has 0 saturated carbocycles. The lowest BCUT2D eigenvalue weighted by Gasteiger charge is -2.20. The van der Waals surface area contributed by atoms with Crippen LogP contribution >= 0.6 is 0 Å². The molecule has 0 bridgehead atoms. The van der Waals surface area contributed by atoms with Crippen LogP contribution in [-0.4, -0.2) is 30.4 Å². The molecule has 0 heterocycles. The van der Waals surface area contributed by atoms with Gasteiger partial charge in [-0.25, -0.2) is 4.39 Å². The number of rotatable bonds is 13. The maximum Gasteiger partial charge on any atom is 0.221 e. The quantitative estimate of drug-likeness (QED) is 0.326. The van der Waals surface area contributed by atoms with Gasteiger partial charge < -0.3 is 15.0 Å². The van der Waals surface area contributed by atoms with Gasteiger partial charge in [0, 0.05) is 12.6 Å². The zero-order valence-electron chi connectivity index (χ0n) is 20.2. The van der Waals surface area contributed by atoms with E-state index in [0.29, 0.717) is 12.4 Å². The van der Waals surface area contributed by atoms with Gasteiger partial charge in [0.2, 0.25) is 5.91 Å². The van der Waals surface area contributed by atoms with Crippen molar-refractivity contribution in [1.82, 2.24) is 4.90 Å². The van der Waals surface area contributed by atoms with E-state index < -0.39 is 0 Å². The second-order valence-electron chi connectivity index (χ2n) is 8.56. The molecule has 1 N–H and O–H groups in total. The molecule has 3 rings (SSSR count). The lowest BCUT2D eigenvalue weighted by Crippen LogP contribution is -2.26. The van der Waals surface area contributed by atoms with Crippen LogP contribution in [-0.2, 0) is 24.2 Å². The summed E-state index contributed by atoms with van der Waals surface area (Å²) in [6.45, 7) is 7.09. The van der Waals surface area contributed by atoms with Gasteiger partial charge in [0.25, 0.3) is 0 Å². The molecule has 0 aliphatic rings. The molecule has 0 atom stereocenters. The first-order valence-electron chi connectivity index (χ1n) is 12.1. The Morgan fingerprint density at radius 1 is 0.882 bits per heavy atom. The largest absolute Gasteiger partial charge is 0.486 e. The maximum atomic E-state index is 14.5. The molecule has 0 aromatic heterocycles. The number of ether oxygens (including phenoxy) is 1. The summed E-state index contributed by atoms with van der Waals surface area (Å²) in [5.74, 6) is -0.0559. The van der Waals surface area contributed by atoms with Crippen molar-refractivity contribution in [3.63, 3.8) is 0 Å². The number of carbonyl (C=O) groups excluding carboxylic acids is 1. The van der Waals surface area contributed by atoms with Crippen LogP contribution in [0.15, 0.2) is 72.8 Å². The summed E-state index contributed by atoms with van der Waals surface area (Å²) in [7, 11) is 0. The third-order valence-electron chi connectivity index (χ3n) is 5.83. The molecule has 0 spiro atoms. The number of hydrogen-bond donors (Lipinski definition) is 1. The van der Waals surface area contributed by atoms with Crippen LogP contribution in [0.1, 0.15) is 43.4 Å². The van der Waals surface area contributed by atoms with E-state index in [4.69, 9.17) is 4.74 Å². The van der Waals surface area contributed by atoms with Gasteiger partial charge in [-0.3, -0.25) is 4.79 Å². The summed E-state index contributed by atoms with van der Waals surface area (Å²) < 4.78 is 20.1. The predicted octanol–water partition coefficient (Wildman–Crippen LogP) is 6.25. The van der Waals surface area contributed by atoms with Crippen molar-refractivity contribution in [2.75, 3.05) is 25.0 Å². The molecule has 0 saturated heterocycles. The van der Waals surface area contributed by atoms with Crippen LogP contribution in [0.25, 0.3) is 0 Å². The fraction of sp³-hybridized carbons (Fsp3) is 0.345. The molecule has 1 amide bonds. The third kappa shape index (κ3) is 8.64. The van der Waals surface area contributed by atoms with Crippen molar-refractivity contribution in [2.24, 2.45) is 0 Å². The highest BCUT2D eigenvalue weighted by atomic mass is 19.1. The van der Waals surface area contributed by atoms with E-state index >= 15 is 0 Å². The van der Waals surface area contributed by atoms with Crippen LogP contribution in [0, 0.1) is 5.82 Å². The number of amides is 1. The first-order valence-corrected chi connectivity index (χ1v) is 12.1. The molecular formula is C29H35FN2O2. The second-order valence-corrected chi connectivity index (χ2v) is 8.56. The zero-order valence-corrected chi connectivity index (χ0v) is 20.2. The van der Waals surface area contributed by atoms with E-state index in [1.807, 2.05) is 48.5 Å². The molecule has 0 fully saturated rings. The van der Waals surface area contributed by atoms with E-state index in [-0.39, 0.29) is 11.7 Å². The van der Waals surface area contributed by atoms with Crippen molar-refractivity contribution in [3.8, 4) is 5.75 Å².